The monoisotopic (exact) mass is 453 g/mol. The van der Waals surface area contributed by atoms with E-state index in [1.54, 1.807) is 0 Å². The van der Waals surface area contributed by atoms with Crippen molar-refractivity contribution in [1.82, 2.24) is 0 Å². The van der Waals surface area contributed by atoms with Crippen LogP contribution in [0, 0.1) is 0 Å². The summed E-state index contributed by atoms with van der Waals surface area (Å²) in [5.41, 5.74) is 0. The summed E-state index contributed by atoms with van der Waals surface area (Å²) in [6, 6.07) is 0. The van der Waals surface area contributed by atoms with E-state index in [0.717, 1.165) is 0 Å². The minimum Gasteiger partial charge on any atom is -0.324 e. The Morgan fingerprint density at radius 2 is 0.500 bits per heavy atom. The maximum absolute atomic E-state index is 2.43. The Balaban J connectivity index is 3.58. The lowest BCUT2D eigenvalue weighted by molar-refractivity contribution is -0.925. The average molecular weight is 453 g/mol. The molecule has 1 nitrogen and oxygen atoms in total. The zero-order chi connectivity index (χ0) is 23.6. The van der Waals surface area contributed by atoms with Crippen molar-refractivity contribution in [2.45, 2.75) is 175 Å². The highest BCUT2D eigenvalue weighted by molar-refractivity contribution is 4.52. The second kappa shape index (κ2) is 25.6. The van der Waals surface area contributed by atoms with E-state index in [9.17, 15) is 0 Å². The Morgan fingerprint density at radius 3 is 0.719 bits per heavy atom. The molecule has 0 aromatic rings. The van der Waals surface area contributed by atoms with Crippen molar-refractivity contribution >= 4 is 0 Å². The van der Waals surface area contributed by atoms with Crippen LogP contribution in [0.4, 0.5) is 0 Å². The Bertz CT molecular complexity index is 333. The van der Waals surface area contributed by atoms with Crippen molar-refractivity contribution in [3.8, 4) is 0 Å². The van der Waals surface area contributed by atoms with Crippen LogP contribution in [-0.2, 0) is 0 Å². The third-order valence-electron chi connectivity index (χ3n) is 8.06. The molecule has 194 valence electrons. The zero-order valence-electron chi connectivity index (χ0n) is 23.5. The summed E-state index contributed by atoms with van der Waals surface area (Å²) in [6.45, 7) is 15.0. The fourth-order valence-electron chi connectivity index (χ4n) is 5.37. The largest absolute Gasteiger partial charge is 0.324 e. The molecule has 1 heteroatoms. The number of unbranched alkanes of at least 4 members (excludes halogenated alkanes) is 21. The number of rotatable bonds is 27. The lowest BCUT2D eigenvalue weighted by Crippen LogP contribution is -2.49. The molecule has 0 saturated heterocycles. The van der Waals surface area contributed by atoms with E-state index in [2.05, 4.69) is 27.7 Å². The lowest BCUT2D eigenvalue weighted by Gasteiger charge is -2.37. The van der Waals surface area contributed by atoms with Crippen molar-refractivity contribution in [2.75, 3.05) is 26.2 Å². The summed E-state index contributed by atoms with van der Waals surface area (Å²) in [5.74, 6) is 0. The summed E-state index contributed by atoms with van der Waals surface area (Å²) in [5, 5.41) is 0. The fourth-order valence-corrected chi connectivity index (χ4v) is 5.37. The maximum Gasteiger partial charge on any atom is 0.0786 e. The van der Waals surface area contributed by atoms with E-state index >= 15 is 0 Å². The SMILES string of the molecule is CCCCCCCCCCCCCCC[N+](CC)(CC)CCCCCCCCCCCC. The van der Waals surface area contributed by atoms with E-state index < -0.39 is 0 Å². The summed E-state index contributed by atoms with van der Waals surface area (Å²) in [4.78, 5) is 0. The Morgan fingerprint density at radius 1 is 0.281 bits per heavy atom. The van der Waals surface area contributed by atoms with Crippen molar-refractivity contribution in [1.29, 1.82) is 0 Å². The van der Waals surface area contributed by atoms with Gasteiger partial charge < -0.3 is 4.48 Å². The second-order valence-corrected chi connectivity index (χ2v) is 10.8. The molecule has 0 amide bonds. The first-order chi connectivity index (χ1) is 15.7. The third-order valence-corrected chi connectivity index (χ3v) is 8.06. The smallest absolute Gasteiger partial charge is 0.0786 e. The van der Waals surface area contributed by atoms with Crippen LogP contribution < -0.4 is 0 Å². The number of nitrogens with zero attached hydrogens (tertiary/aromatic N) is 1. The summed E-state index contributed by atoms with van der Waals surface area (Å²) < 4.78 is 1.38. The van der Waals surface area contributed by atoms with Crippen LogP contribution in [0.15, 0.2) is 0 Å². The van der Waals surface area contributed by atoms with Crippen LogP contribution in [0.5, 0.6) is 0 Å². The minimum absolute atomic E-state index is 1.34. The van der Waals surface area contributed by atoms with E-state index in [1.165, 1.54) is 178 Å². The molecular weight excluding hydrogens is 386 g/mol. The molecule has 0 saturated carbocycles. The molecule has 0 unspecified atom stereocenters. The Kier molecular flexibility index (Phi) is 25.5. The standard InChI is InChI=1S/C31H66N/c1-5-9-11-13-15-17-19-20-21-23-25-27-29-31-32(7-3,8-4)30-28-26-24-22-18-16-14-12-10-6-2/h5-31H2,1-4H3/q+1. The average Bonchev–Trinajstić information content (AvgIpc) is 2.82. The van der Waals surface area contributed by atoms with Crippen molar-refractivity contribution in [2.24, 2.45) is 0 Å². The predicted octanol–water partition coefficient (Wildman–Crippen LogP) is 10.9. The highest BCUT2D eigenvalue weighted by Crippen LogP contribution is 2.17. The van der Waals surface area contributed by atoms with Gasteiger partial charge >= 0.3 is 0 Å². The van der Waals surface area contributed by atoms with Gasteiger partial charge in [0.05, 0.1) is 26.2 Å². The van der Waals surface area contributed by atoms with Gasteiger partial charge in [-0.15, -0.1) is 0 Å². The van der Waals surface area contributed by atoms with Crippen LogP contribution in [0.2, 0.25) is 0 Å². The Labute approximate surface area is 206 Å². The summed E-state index contributed by atoms with van der Waals surface area (Å²) in [6.07, 6.45) is 33.6. The Hall–Kier alpha value is -0.0400. The van der Waals surface area contributed by atoms with Gasteiger partial charge in [-0.3, -0.25) is 0 Å². The van der Waals surface area contributed by atoms with Gasteiger partial charge in [0.15, 0.2) is 0 Å². The third kappa shape index (κ3) is 20.6. The molecule has 0 heterocycles. The van der Waals surface area contributed by atoms with Crippen molar-refractivity contribution < 1.29 is 4.48 Å². The van der Waals surface area contributed by atoms with E-state index in [0.29, 0.717) is 0 Å². The first kappa shape index (κ1) is 32.0. The van der Waals surface area contributed by atoms with Gasteiger partial charge in [0.2, 0.25) is 0 Å². The quantitative estimate of drug-likeness (QED) is 0.0858. The van der Waals surface area contributed by atoms with Crippen LogP contribution in [0.25, 0.3) is 0 Å². The molecule has 0 spiro atoms. The molecule has 0 aliphatic heterocycles. The first-order valence-electron chi connectivity index (χ1n) is 15.6. The van der Waals surface area contributed by atoms with E-state index in [1.807, 2.05) is 0 Å². The molecular formula is C31H66N+. The van der Waals surface area contributed by atoms with Crippen LogP contribution in [-0.4, -0.2) is 30.7 Å². The molecule has 0 aliphatic rings. The van der Waals surface area contributed by atoms with Gasteiger partial charge in [0, 0.05) is 0 Å². The maximum atomic E-state index is 2.43. The second-order valence-electron chi connectivity index (χ2n) is 10.8. The van der Waals surface area contributed by atoms with Crippen molar-refractivity contribution in [3.63, 3.8) is 0 Å². The van der Waals surface area contributed by atoms with Gasteiger partial charge in [-0.05, 0) is 39.5 Å². The fraction of sp³-hybridized carbons (Fsp3) is 1.00. The molecule has 0 aromatic heterocycles. The molecule has 0 fully saturated rings. The van der Waals surface area contributed by atoms with Gasteiger partial charge in [0.1, 0.15) is 0 Å². The molecule has 0 aliphatic carbocycles. The topological polar surface area (TPSA) is 0 Å². The number of quaternary nitrogens is 1. The number of hydrogen-bond acceptors (Lipinski definition) is 0. The molecule has 0 aromatic carbocycles. The van der Waals surface area contributed by atoms with E-state index in [-0.39, 0.29) is 0 Å². The van der Waals surface area contributed by atoms with Gasteiger partial charge in [-0.25, -0.2) is 0 Å². The molecule has 0 N–H and O–H groups in total. The van der Waals surface area contributed by atoms with E-state index in [4.69, 9.17) is 0 Å². The molecule has 0 bridgehead atoms. The normalized spacial score (nSPS) is 12.0. The highest BCUT2D eigenvalue weighted by Gasteiger charge is 2.21. The van der Waals surface area contributed by atoms with Crippen LogP contribution in [0.3, 0.4) is 0 Å². The molecule has 0 atom stereocenters. The van der Waals surface area contributed by atoms with Crippen LogP contribution in [0.1, 0.15) is 175 Å². The zero-order valence-corrected chi connectivity index (χ0v) is 23.5. The lowest BCUT2D eigenvalue weighted by atomic mass is 10.0. The van der Waals surface area contributed by atoms with Gasteiger partial charge in [0.25, 0.3) is 0 Å². The summed E-state index contributed by atoms with van der Waals surface area (Å²) in [7, 11) is 0. The molecule has 0 radical (unpaired) electrons. The van der Waals surface area contributed by atoms with Crippen LogP contribution >= 0.6 is 0 Å². The highest BCUT2D eigenvalue weighted by atomic mass is 15.3. The van der Waals surface area contributed by atoms with Crippen molar-refractivity contribution in [3.05, 3.63) is 0 Å². The first-order valence-corrected chi connectivity index (χ1v) is 15.6. The molecule has 0 rings (SSSR count). The van der Waals surface area contributed by atoms with Gasteiger partial charge in [-0.1, -0.05) is 136 Å². The predicted molar refractivity (Wildman–Crippen MR) is 149 cm³/mol. The molecule has 32 heavy (non-hydrogen) atoms. The number of hydrogen-bond donors (Lipinski definition) is 0. The van der Waals surface area contributed by atoms with Gasteiger partial charge in [-0.2, -0.15) is 0 Å². The summed E-state index contributed by atoms with van der Waals surface area (Å²) >= 11 is 0. The minimum atomic E-state index is 1.34.